The van der Waals surface area contributed by atoms with Crippen molar-refractivity contribution in [1.29, 1.82) is 0 Å². The molecule has 7 nitrogen and oxygen atoms in total. The van der Waals surface area contributed by atoms with Crippen molar-refractivity contribution in [3.05, 3.63) is 54.1 Å². The summed E-state index contributed by atoms with van der Waals surface area (Å²) in [5.74, 6) is 1.97. The molecule has 2 amide bonds. The lowest BCUT2D eigenvalue weighted by atomic mass is 10.1. The molecule has 0 fully saturated rings. The summed E-state index contributed by atoms with van der Waals surface area (Å²) in [6.45, 7) is 5.19. The summed E-state index contributed by atoms with van der Waals surface area (Å²) in [7, 11) is 3.22. The molecule has 2 aromatic carbocycles. The van der Waals surface area contributed by atoms with Crippen LogP contribution in [-0.4, -0.2) is 50.1 Å². The van der Waals surface area contributed by atoms with Crippen molar-refractivity contribution >= 4 is 11.8 Å². The van der Waals surface area contributed by atoms with Gasteiger partial charge in [-0.15, -0.1) is 0 Å². The van der Waals surface area contributed by atoms with Crippen molar-refractivity contribution in [2.45, 2.75) is 52.1 Å². The molecule has 0 saturated carbocycles. The normalized spacial score (nSPS) is 11.4. The van der Waals surface area contributed by atoms with Crippen molar-refractivity contribution in [2.75, 3.05) is 27.4 Å². The lowest BCUT2D eigenvalue weighted by Gasteiger charge is -2.29. The Labute approximate surface area is 197 Å². The molecule has 180 valence electrons. The number of nitrogens with one attached hydrogen (secondary N) is 1. The molecule has 2 rings (SSSR count). The molecule has 0 aliphatic rings. The monoisotopic (exact) mass is 456 g/mol. The van der Waals surface area contributed by atoms with Gasteiger partial charge in [-0.3, -0.25) is 9.59 Å². The van der Waals surface area contributed by atoms with E-state index in [1.54, 1.807) is 26.0 Å². The molecular formula is C26H36N2O5. The summed E-state index contributed by atoms with van der Waals surface area (Å²) in [6.07, 6.45) is 2.73. The molecule has 0 saturated heterocycles. The van der Waals surface area contributed by atoms with E-state index in [0.29, 0.717) is 31.9 Å². The molecule has 0 bridgehead atoms. The number of rotatable bonds is 14. The van der Waals surface area contributed by atoms with E-state index in [-0.39, 0.29) is 18.2 Å². The van der Waals surface area contributed by atoms with Gasteiger partial charge >= 0.3 is 0 Å². The van der Waals surface area contributed by atoms with E-state index in [4.69, 9.17) is 14.2 Å². The van der Waals surface area contributed by atoms with Crippen LogP contribution in [0.25, 0.3) is 0 Å². The molecule has 7 heteroatoms. The van der Waals surface area contributed by atoms with E-state index >= 15 is 0 Å². The van der Waals surface area contributed by atoms with Crippen molar-refractivity contribution in [3.63, 3.8) is 0 Å². The lowest BCUT2D eigenvalue weighted by molar-refractivity contribution is -0.140. The van der Waals surface area contributed by atoms with Gasteiger partial charge in [0.1, 0.15) is 23.3 Å². The molecule has 0 spiro atoms. The Morgan fingerprint density at radius 2 is 1.67 bits per heavy atom. The lowest BCUT2D eigenvalue weighted by Crippen LogP contribution is -2.47. The van der Waals surface area contributed by atoms with Crippen molar-refractivity contribution in [2.24, 2.45) is 0 Å². The molecule has 2 aromatic rings. The second-order valence-corrected chi connectivity index (χ2v) is 7.82. The van der Waals surface area contributed by atoms with E-state index in [0.717, 1.165) is 29.9 Å². The van der Waals surface area contributed by atoms with E-state index in [9.17, 15) is 9.59 Å². The van der Waals surface area contributed by atoms with Gasteiger partial charge in [0.2, 0.25) is 11.8 Å². The van der Waals surface area contributed by atoms with Crippen LogP contribution < -0.4 is 19.5 Å². The van der Waals surface area contributed by atoms with E-state index in [1.807, 2.05) is 48.5 Å². The zero-order valence-corrected chi connectivity index (χ0v) is 20.1. The average molecular weight is 457 g/mol. The molecular weight excluding hydrogens is 420 g/mol. The van der Waals surface area contributed by atoms with Crippen molar-refractivity contribution < 1.29 is 23.8 Å². The second-order valence-electron chi connectivity index (χ2n) is 7.82. The minimum Gasteiger partial charge on any atom is -0.497 e. The largest absolute Gasteiger partial charge is 0.497 e. The summed E-state index contributed by atoms with van der Waals surface area (Å²) >= 11 is 0. The van der Waals surface area contributed by atoms with Gasteiger partial charge in [0.25, 0.3) is 0 Å². The quantitative estimate of drug-likeness (QED) is 0.431. The fraction of sp³-hybridized carbons (Fsp3) is 0.462. The fourth-order valence-electron chi connectivity index (χ4n) is 3.32. The second kappa shape index (κ2) is 14.0. The van der Waals surface area contributed by atoms with E-state index < -0.39 is 6.04 Å². The maximum atomic E-state index is 13.1. The molecule has 1 N–H and O–H groups in total. The third-order valence-electron chi connectivity index (χ3n) is 5.35. The van der Waals surface area contributed by atoms with Gasteiger partial charge in [-0.1, -0.05) is 25.5 Å². The Bertz CT molecular complexity index is 869. The Balaban J connectivity index is 1.98. The maximum Gasteiger partial charge on any atom is 0.242 e. The third kappa shape index (κ3) is 8.67. The molecule has 0 aliphatic heterocycles. The predicted molar refractivity (Wildman–Crippen MR) is 129 cm³/mol. The van der Waals surface area contributed by atoms with Crippen molar-refractivity contribution in [3.8, 4) is 17.2 Å². The Kier molecular flexibility index (Phi) is 11.1. The molecule has 0 unspecified atom stereocenters. The van der Waals surface area contributed by atoms with E-state index in [1.165, 1.54) is 0 Å². The maximum absolute atomic E-state index is 13.1. The summed E-state index contributed by atoms with van der Waals surface area (Å²) in [6, 6.07) is 14.3. The summed E-state index contributed by atoms with van der Waals surface area (Å²) < 4.78 is 16.2. The van der Waals surface area contributed by atoms with Crippen LogP contribution in [0.2, 0.25) is 0 Å². The number of methoxy groups -OCH3 is 2. The molecule has 0 radical (unpaired) electrons. The number of amides is 2. The first kappa shape index (κ1) is 26.0. The molecule has 33 heavy (non-hydrogen) atoms. The number of hydrogen-bond donors (Lipinski definition) is 1. The van der Waals surface area contributed by atoms with Gasteiger partial charge in [0, 0.05) is 19.5 Å². The Morgan fingerprint density at radius 1 is 0.970 bits per heavy atom. The van der Waals surface area contributed by atoms with Crippen LogP contribution in [0.15, 0.2) is 48.5 Å². The average Bonchev–Trinajstić information content (AvgIpc) is 2.85. The zero-order valence-electron chi connectivity index (χ0n) is 20.1. The van der Waals surface area contributed by atoms with Crippen LogP contribution in [0.3, 0.4) is 0 Å². The molecule has 0 heterocycles. The van der Waals surface area contributed by atoms with Crippen LogP contribution in [0.4, 0.5) is 0 Å². The topological polar surface area (TPSA) is 77.1 Å². The van der Waals surface area contributed by atoms with Crippen LogP contribution in [0.1, 0.15) is 45.1 Å². The fourth-order valence-corrected chi connectivity index (χ4v) is 3.32. The SMILES string of the molecule is CCCCNC(=O)[C@H](C)N(Cc1cccc(OC)c1)C(=O)CCCOc1ccc(OC)cc1. The number of carbonyl (C=O) groups is 2. The molecule has 1 atom stereocenters. The van der Waals surface area contributed by atoms with Crippen LogP contribution in [0.5, 0.6) is 17.2 Å². The summed E-state index contributed by atoms with van der Waals surface area (Å²) in [5.41, 5.74) is 0.908. The number of hydrogen-bond acceptors (Lipinski definition) is 5. The first-order valence-corrected chi connectivity index (χ1v) is 11.5. The first-order chi connectivity index (χ1) is 16.0. The smallest absolute Gasteiger partial charge is 0.242 e. The van der Waals surface area contributed by atoms with Crippen molar-refractivity contribution in [1.82, 2.24) is 10.2 Å². The van der Waals surface area contributed by atoms with E-state index in [2.05, 4.69) is 12.2 Å². The Morgan fingerprint density at radius 3 is 2.33 bits per heavy atom. The number of benzene rings is 2. The van der Waals surface area contributed by atoms with Gasteiger partial charge < -0.3 is 24.4 Å². The van der Waals surface area contributed by atoms with Gasteiger partial charge in [-0.25, -0.2) is 0 Å². The van der Waals surface area contributed by atoms with Crippen LogP contribution >= 0.6 is 0 Å². The van der Waals surface area contributed by atoms with Gasteiger partial charge in [0.05, 0.1) is 20.8 Å². The number of ether oxygens (including phenoxy) is 3. The number of nitrogens with zero attached hydrogens (tertiary/aromatic N) is 1. The third-order valence-corrected chi connectivity index (χ3v) is 5.35. The standard InChI is InChI=1S/C26H36N2O5/c1-5-6-16-27-26(30)20(2)28(19-21-9-7-10-24(18-21)32-4)25(29)11-8-17-33-23-14-12-22(31-3)13-15-23/h7,9-10,12-15,18,20H,5-6,8,11,16-17,19H2,1-4H3,(H,27,30)/t20-/m0/s1. The highest BCUT2D eigenvalue weighted by molar-refractivity contribution is 5.87. The minimum absolute atomic E-state index is 0.0886. The van der Waals surface area contributed by atoms with Gasteiger partial charge in [-0.2, -0.15) is 0 Å². The summed E-state index contributed by atoms with van der Waals surface area (Å²) in [5, 5.41) is 2.93. The number of carbonyl (C=O) groups excluding carboxylic acids is 2. The molecule has 0 aliphatic carbocycles. The highest BCUT2D eigenvalue weighted by Gasteiger charge is 2.25. The van der Waals surface area contributed by atoms with Gasteiger partial charge in [-0.05, 0) is 61.7 Å². The highest BCUT2D eigenvalue weighted by Crippen LogP contribution is 2.19. The summed E-state index contributed by atoms with van der Waals surface area (Å²) in [4.78, 5) is 27.4. The first-order valence-electron chi connectivity index (χ1n) is 11.5. The van der Waals surface area contributed by atoms with Gasteiger partial charge in [0.15, 0.2) is 0 Å². The minimum atomic E-state index is -0.580. The zero-order chi connectivity index (χ0) is 24.1. The van der Waals surface area contributed by atoms with Crippen LogP contribution in [0, 0.1) is 0 Å². The number of unbranched alkanes of at least 4 members (excludes halogenated alkanes) is 1. The highest BCUT2D eigenvalue weighted by atomic mass is 16.5. The molecule has 0 aromatic heterocycles. The predicted octanol–water partition coefficient (Wildman–Crippen LogP) is 4.20. The Hall–Kier alpha value is -3.22. The van der Waals surface area contributed by atoms with Crippen LogP contribution in [-0.2, 0) is 16.1 Å².